The molecule has 0 aliphatic carbocycles. The van der Waals surface area contributed by atoms with Gasteiger partial charge in [-0.3, -0.25) is 9.71 Å². The van der Waals surface area contributed by atoms with Crippen LogP contribution in [0.2, 0.25) is 0 Å². The number of hydrogen-bond donors (Lipinski definition) is 3. The molecule has 2 aromatic rings. The van der Waals surface area contributed by atoms with Gasteiger partial charge in [0.1, 0.15) is 0 Å². The van der Waals surface area contributed by atoms with Crippen molar-refractivity contribution >= 4 is 15.9 Å². The molecule has 0 spiro atoms. The first-order valence-electron chi connectivity index (χ1n) is 10.1. The molecule has 0 bridgehead atoms. The molecule has 8 heteroatoms. The Balaban J connectivity index is 1.43. The first-order valence-corrected chi connectivity index (χ1v) is 11.5. The SMILES string of the molecule is CC1CCN(S(=O)(=O)Nc2ccc(CCNC[C@@H](O)c3cccnc3)cc2)CC1. The molecule has 1 aliphatic rings. The number of hydrogen-bond acceptors (Lipinski definition) is 5. The van der Waals surface area contributed by atoms with E-state index >= 15 is 0 Å². The fourth-order valence-electron chi connectivity index (χ4n) is 3.34. The number of aliphatic hydroxyl groups is 1. The van der Waals surface area contributed by atoms with E-state index in [0.29, 0.717) is 37.8 Å². The molecule has 0 amide bonds. The lowest BCUT2D eigenvalue weighted by Crippen LogP contribution is -2.41. The minimum absolute atomic E-state index is 0.456. The summed E-state index contributed by atoms with van der Waals surface area (Å²) in [6.45, 7) is 4.48. The van der Waals surface area contributed by atoms with Gasteiger partial charge in [-0.1, -0.05) is 25.1 Å². The molecule has 1 aromatic heterocycles. The Morgan fingerprint density at radius 3 is 2.59 bits per heavy atom. The smallest absolute Gasteiger partial charge is 0.301 e. The molecule has 1 fully saturated rings. The molecule has 0 radical (unpaired) electrons. The van der Waals surface area contributed by atoms with Crippen molar-refractivity contribution < 1.29 is 13.5 Å². The first-order chi connectivity index (χ1) is 13.9. The first kappa shape index (κ1) is 21.7. The Labute approximate surface area is 173 Å². The van der Waals surface area contributed by atoms with Crippen molar-refractivity contribution in [1.29, 1.82) is 0 Å². The zero-order chi connectivity index (χ0) is 20.7. The van der Waals surface area contributed by atoms with Gasteiger partial charge >= 0.3 is 10.2 Å². The van der Waals surface area contributed by atoms with E-state index in [-0.39, 0.29) is 0 Å². The maximum atomic E-state index is 12.5. The predicted molar refractivity (Wildman–Crippen MR) is 115 cm³/mol. The molecular weight excluding hydrogens is 388 g/mol. The van der Waals surface area contributed by atoms with Gasteiger partial charge in [0.2, 0.25) is 0 Å². The minimum atomic E-state index is -3.49. The topological polar surface area (TPSA) is 94.6 Å². The molecule has 0 unspecified atom stereocenters. The van der Waals surface area contributed by atoms with Gasteiger partial charge in [0.25, 0.3) is 0 Å². The molecule has 0 saturated carbocycles. The molecule has 1 aliphatic heterocycles. The number of rotatable bonds is 9. The van der Waals surface area contributed by atoms with Crippen molar-refractivity contribution in [1.82, 2.24) is 14.6 Å². The van der Waals surface area contributed by atoms with Crippen molar-refractivity contribution in [3.05, 3.63) is 59.9 Å². The van der Waals surface area contributed by atoms with E-state index in [1.54, 1.807) is 30.6 Å². The minimum Gasteiger partial charge on any atom is -0.387 e. The average molecular weight is 419 g/mol. The van der Waals surface area contributed by atoms with Crippen LogP contribution in [-0.4, -0.2) is 49.0 Å². The Hall–Kier alpha value is -2.00. The van der Waals surface area contributed by atoms with Gasteiger partial charge in [-0.25, -0.2) is 0 Å². The molecule has 7 nitrogen and oxygen atoms in total. The van der Waals surface area contributed by atoms with Crippen LogP contribution in [-0.2, 0) is 16.6 Å². The highest BCUT2D eigenvalue weighted by molar-refractivity contribution is 7.90. The number of benzene rings is 1. The molecule has 1 aromatic carbocycles. The molecule has 1 saturated heterocycles. The fraction of sp³-hybridized carbons (Fsp3) is 0.476. The maximum Gasteiger partial charge on any atom is 0.301 e. The number of nitrogens with zero attached hydrogens (tertiary/aromatic N) is 2. The van der Waals surface area contributed by atoms with Gasteiger partial charge in [-0.2, -0.15) is 12.7 Å². The summed E-state index contributed by atoms with van der Waals surface area (Å²) in [5, 5.41) is 13.3. The molecule has 2 heterocycles. The predicted octanol–water partition coefficient (Wildman–Crippen LogP) is 2.34. The fourth-order valence-corrected chi connectivity index (χ4v) is 4.60. The molecule has 1 atom stereocenters. The van der Waals surface area contributed by atoms with Crippen LogP contribution in [0.3, 0.4) is 0 Å². The number of piperidine rings is 1. The largest absolute Gasteiger partial charge is 0.387 e. The Kier molecular flexibility index (Phi) is 7.60. The van der Waals surface area contributed by atoms with Crippen LogP contribution in [0, 0.1) is 5.92 Å². The quantitative estimate of drug-likeness (QED) is 0.544. The zero-order valence-corrected chi connectivity index (χ0v) is 17.6. The van der Waals surface area contributed by atoms with E-state index in [2.05, 4.69) is 21.9 Å². The third kappa shape index (κ3) is 6.50. The van der Waals surface area contributed by atoms with Crippen molar-refractivity contribution in [3.8, 4) is 0 Å². The van der Waals surface area contributed by atoms with Crippen LogP contribution in [0.4, 0.5) is 5.69 Å². The Morgan fingerprint density at radius 1 is 1.21 bits per heavy atom. The number of pyridine rings is 1. The third-order valence-corrected chi connectivity index (χ3v) is 6.82. The van der Waals surface area contributed by atoms with Crippen LogP contribution >= 0.6 is 0 Å². The number of aliphatic hydroxyl groups excluding tert-OH is 1. The summed E-state index contributed by atoms with van der Waals surface area (Å²) in [7, 11) is -3.49. The van der Waals surface area contributed by atoms with E-state index in [0.717, 1.165) is 30.4 Å². The molecular formula is C21H30N4O3S. The van der Waals surface area contributed by atoms with E-state index < -0.39 is 16.3 Å². The van der Waals surface area contributed by atoms with E-state index in [4.69, 9.17) is 0 Å². The van der Waals surface area contributed by atoms with Gasteiger partial charge in [0.05, 0.1) is 6.10 Å². The molecule has 3 N–H and O–H groups in total. The van der Waals surface area contributed by atoms with Crippen LogP contribution in [0.1, 0.15) is 37.0 Å². The van der Waals surface area contributed by atoms with Gasteiger partial charge < -0.3 is 10.4 Å². The Morgan fingerprint density at radius 2 is 1.93 bits per heavy atom. The van der Waals surface area contributed by atoms with Crippen LogP contribution in [0.15, 0.2) is 48.8 Å². The van der Waals surface area contributed by atoms with Crippen LogP contribution in [0.25, 0.3) is 0 Å². The second-order valence-electron chi connectivity index (χ2n) is 7.64. The normalized spacial score (nSPS) is 17.2. The molecule has 29 heavy (non-hydrogen) atoms. The highest BCUT2D eigenvalue weighted by Gasteiger charge is 2.26. The lowest BCUT2D eigenvalue weighted by molar-refractivity contribution is 0.174. The van der Waals surface area contributed by atoms with Gasteiger partial charge in [0.15, 0.2) is 0 Å². The summed E-state index contributed by atoms with van der Waals surface area (Å²) in [6.07, 6.45) is 5.36. The van der Waals surface area contributed by atoms with E-state index in [1.807, 2.05) is 18.2 Å². The monoisotopic (exact) mass is 418 g/mol. The number of aromatic nitrogens is 1. The summed E-state index contributed by atoms with van der Waals surface area (Å²) >= 11 is 0. The van der Waals surface area contributed by atoms with Crippen molar-refractivity contribution in [3.63, 3.8) is 0 Å². The number of nitrogens with one attached hydrogen (secondary N) is 2. The summed E-state index contributed by atoms with van der Waals surface area (Å²) in [4.78, 5) is 4.01. The average Bonchev–Trinajstić information content (AvgIpc) is 2.73. The summed E-state index contributed by atoms with van der Waals surface area (Å²) in [6, 6.07) is 11.1. The van der Waals surface area contributed by atoms with Gasteiger partial charge in [-0.15, -0.1) is 0 Å². The van der Waals surface area contributed by atoms with Crippen molar-refractivity contribution in [2.75, 3.05) is 30.9 Å². The Bertz CT molecular complexity index is 851. The lowest BCUT2D eigenvalue weighted by Gasteiger charge is -2.29. The molecule has 158 valence electrons. The standard InChI is InChI=1S/C21H30N4O3S/c1-17-9-13-25(14-10-17)29(27,28)24-20-6-4-18(5-7-20)8-12-23-16-21(26)19-3-2-11-22-15-19/h2-7,11,15,17,21,23-24,26H,8-10,12-14,16H2,1H3/t21-/m1/s1. The highest BCUT2D eigenvalue weighted by Crippen LogP contribution is 2.20. The van der Waals surface area contributed by atoms with Crippen molar-refractivity contribution in [2.24, 2.45) is 5.92 Å². The summed E-state index contributed by atoms with van der Waals surface area (Å²) in [5.41, 5.74) is 2.47. The third-order valence-electron chi connectivity index (χ3n) is 5.28. The summed E-state index contributed by atoms with van der Waals surface area (Å²) in [5.74, 6) is 0.583. The van der Waals surface area contributed by atoms with E-state index in [1.165, 1.54) is 4.31 Å². The lowest BCUT2D eigenvalue weighted by atomic mass is 10.0. The second kappa shape index (κ2) is 10.2. The van der Waals surface area contributed by atoms with Gasteiger partial charge in [0, 0.05) is 43.3 Å². The van der Waals surface area contributed by atoms with Crippen molar-refractivity contribution in [2.45, 2.75) is 32.3 Å². The van der Waals surface area contributed by atoms with Gasteiger partial charge in [-0.05, 0) is 55.5 Å². The molecule has 3 rings (SSSR count). The van der Waals surface area contributed by atoms with Crippen LogP contribution < -0.4 is 10.0 Å². The highest BCUT2D eigenvalue weighted by atomic mass is 32.2. The zero-order valence-electron chi connectivity index (χ0n) is 16.8. The summed E-state index contributed by atoms with van der Waals surface area (Å²) < 4.78 is 29.2. The van der Waals surface area contributed by atoms with Crippen LogP contribution in [0.5, 0.6) is 0 Å². The number of anilines is 1. The maximum absolute atomic E-state index is 12.5. The van der Waals surface area contributed by atoms with E-state index in [9.17, 15) is 13.5 Å². The second-order valence-corrected chi connectivity index (χ2v) is 9.31.